The van der Waals surface area contributed by atoms with Gasteiger partial charge in [-0.15, -0.1) is 0 Å². The van der Waals surface area contributed by atoms with Crippen LogP contribution in [0.5, 0.6) is 5.75 Å². The van der Waals surface area contributed by atoms with Gasteiger partial charge in [-0.1, -0.05) is 12.1 Å². The zero-order valence-electron chi connectivity index (χ0n) is 12.7. The highest BCUT2D eigenvalue weighted by Gasteiger charge is 2.16. The Morgan fingerprint density at radius 2 is 2.19 bits per heavy atom. The van der Waals surface area contributed by atoms with E-state index in [0.29, 0.717) is 13.2 Å². The van der Waals surface area contributed by atoms with E-state index >= 15 is 0 Å². The van der Waals surface area contributed by atoms with Crippen LogP contribution in [0.1, 0.15) is 38.3 Å². The van der Waals surface area contributed by atoms with Crippen LogP contribution in [0.25, 0.3) is 0 Å². The molecule has 1 fully saturated rings. The lowest BCUT2D eigenvalue weighted by Gasteiger charge is -2.17. The fourth-order valence-corrected chi connectivity index (χ4v) is 2.36. The van der Waals surface area contributed by atoms with Crippen LogP contribution in [0, 0.1) is 0 Å². The summed E-state index contributed by atoms with van der Waals surface area (Å²) in [6, 6.07) is 7.56. The van der Waals surface area contributed by atoms with Crippen molar-refractivity contribution in [1.82, 2.24) is 10.6 Å². The first-order chi connectivity index (χ1) is 10.2. The number of benzene rings is 1. The molecule has 2 atom stereocenters. The third-order valence-corrected chi connectivity index (χ3v) is 3.55. The van der Waals surface area contributed by atoms with Gasteiger partial charge < -0.3 is 20.1 Å². The number of urea groups is 1. The first-order valence-electron chi connectivity index (χ1n) is 7.57. The lowest BCUT2D eigenvalue weighted by molar-refractivity contribution is 0.111. The van der Waals surface area contributed by atoms with E-state index in [4.69, 9.17) is 9.47 Å². The Bertz CT molecular complexity index is 441. The van der Waals surface area contributed by atoms with E-state index in [1.165, 1.54) is 0 Å². The van der Waals surface area contributed by atoms with Gasteiger partial charge in [0.1, 0.15) is 5.75 Å². The smallest absolute Gasteiger partial charge is 0.315 e. The summed E-state index contributed by atoms with van der Waals surface area (Å²) >= 11 is 0. The molecule has 21 heavy (non-hydrogen) atoms. The largest absolute Gasteiger partial charge is 0.494 e. The molecule has 1 heterocycles. The van der Waals surface area contributed by atoms with Gasteiger partial charge in [-0.2, -0.15) is 0 Å². The van der Waals surface area contributed by atoms with Crippen LogP contribution in [-0.4, -0.2) is 31.9 Å². The molecule has 0 spiro atoms. The molecule has 2 N–H and O–H groups in total. The van der Waals surface area contributed by atoms with E-state index in [0.717, 1.165) is 30.8 Å². The van der Waals surface area contributed by atoms with Gasteiger partial charge in [0.2, 0.25) is 0 Å². The fourth-order valence-electron chi connectivity index (χ4n) is 2.36. The molecule has 116 valence electrons. The lowest BCUT2D eigenvalue weighted by atomic mass is 10.1. The molecule has 1 saturated heterocycles. The Morgan fingerprint density at radius 3 is 2.81 bits per heavy atom. The predicted molar refractivity (Wildman–Crippen MR) is 81.5 cm³/mol. The third-order valence-electron chi connectivity index (χ3n) is 3.55. The van der Waals surface area contributed by atoms with E-state index in [2.05, 4.69) is 10.6 Å². The number of hydrogen-bond acceptors (Lipinski definition) is 3. The Morgan fingerprint density at radius 1 is 1.43 bits per heavy atom. The predicted octanol–water partition coefficient (Wildman–Crippen LogP) is 2.62. The highest BCUT2D eigenvalue weighted by Crippen LogP contribution is 2.17. The topological polar surface area (TPSA) is 59.6 Å². The molecule has 5 heteroatoms. The first kappa shape index (κ1) is 15.6. The second kappa shape index (κ2) is 7.88. The molecule has 0 aliphatic carbocycles. The highest BCUT2D eigenvalue weighted by molar-refractivity contribution is 5.74. The summed E-state index contributed by atoms with van der Waals surface area (Å²) < 4.78 is 10.9. The SMILES string of the molecule is CCOc1ccc(C(C)NC(=O)NCC2CCCO2)cc1. The molecular formula is C16H24N2O3. The van der Waals surface area contributed by atoms with E-state index in [1.807, 2.05) is 38.1 Å². The van der Waals surface area contributed by atoms with Gasteiger partial charge in [-0.3, -0.25) is 0 Å². The maximum Gasteiger partial charge on any atom is 0.315 e. The summed E-state index contributed by atoms with van der Waals surface area (Å²) in [5.74, 6) is 0.844. The van der Waals surface area contributed by atoms with E-state index in [9.17, 15) is 4.79 Å². The quantitative estimate of drug-likeness (QED) is 0.847. The molecule has 1 aromatic rings. The highest BCUT2D eigenvalue weighted by atomic mass is 16.5. The standard InChI is InChI=1S/C16H24N2O3/c1-3-20-14-8-6-13(7-9-14)12(2)18-16(19)17-11-15-5-4-10-21-15/h6-9,12,15H,3-5,10-11H2,1-2H3,(H2,17,18,19). The van der Waals surface area contributed by atoms with Crippen molar-refractivity contribution in [2.45, 2.75) is 38.8 Å². The van der Waals surface area contributed by atoms with Gasteiger partial charge in [-0.05, 0) is 44.4 Å². The summed E-state index contributed by atoms with van der Waals surface area (Å²) in [4.78, 5) is 11.9. The first-order valence-corrected chi connectivity index (χ1v) is 7.57. The minimum atomic E-state index is -0.160. The summed E-state index contributed by atoms with van der Waals surface area (Å²) in [5.41, 5.74) is 1.05. The fraction of sp³-hybridized carbons (Fsp3) is 0.562. The van der Waals surface area contributed by atoms with Crippen molar-refractivity contribution in [1.29, 1.82) is 0 Å². The number of rotatable bonds is 6. The molecule has 1 aliphatic rings. The number of carbonyl (C=O) groups is 1. The number of carbonyl (C=O) groups excluding carboxylic acids is 1. The molecule has 0 radical (unpaired) electrons. The molecule has 2 amide bonds. The van der Waals surface area contributed by atoms with Crippen molar-refractivity contribution in [2.75, 3.05) is 19.8 Å². The molecule has 0 aromatic heterocycles. The Balaban J connectivity index is 1.76. The summed E-state index contributed by atoms with van der Waals surface area (Å²) in [5, 5.41) is 5.78. The van der Waals surface area contributed by atoms with Crippen molar-refractivity contribution in [2.24, 2.45) is 0 Å². The maximum atomic E-state index is 11.9. The molecule has 5 nitrogen and oxygen atoms in total. The minimum Gasteiger partial charge on any atom is -0.494 e. The van der Waals surface area contributed by atoms with Gasteiger partial charge in [0, 0.05) is 13.2 Å². The van der Waals surface area contributed by atoms with Crippen molar-refractivity contribution >= 4 is 6.03 Å². The zero-order valence-corrected chi connectivity index (χ0v) is 12.7. The minimum absolute atomic E-state index is 0.0508. The van der Waals surface area contributed by atoms with Crippen LogP contribution in [0.3, 0.4) is 0 Å². The van der Waals surface area contributed by atoms with Crippen molar-refractivity contribution in [3.05, 3.63) is 29.8 Å². The summed E-state index contributed by atoms with van der Waals surface area (Å²) in [6.45, 7) is 5.94. The second-order valence-corrected chi connectivity index (χ2v) is 5.21. The molecule has 0 saturated carbocycles. The second-order valence-electron chi connectivity index (χ2n) is 5.21. The van der Waals surface area contributed by atoms with Crippen molar-refractivity contribution in [3.63, 3.8) is 0 Å². The van der Waals surface area contributed by atoms with Gasteiger partial charge in [0.25, 0.3) is 0 Å². The number of amides is 2. The van der Waals surface area contributed by atoms with E-state index in [1.54, 1.807) is 0 Å². The van der Waals surface area contributed by atoms with Crippen LogP contribution in [-0.2, 0) is 4.74 Å². The van der Waals surface area contributed by atoms with Crippen molar-refractivity contribution in [3.8, 4) is 5.75 Å². The number of ether oxygens (including phenoxy) is 2. The third kappa shape index (κ3) is 4.93. The summed E-state index contributed by atoms with van der Waals surface area (Å²) in [7, 11) is 0. The van der Waals surface area contributed by atoms with Crippen LogP contribution < -0.4 is 15.4 Å². The molecule has 2 rings (SSSR count). The van der Waals surface area contributed by atoms with E-state index in [-0.39, 0.29) is 18.2 Å². The molecule has 1 aromatic carbocycles. The zero-order chi connectivity index (χ0) is 15.1. The van der Waals surface area contributed by atoms with Crippen LogP contribution in [0.4, 0.5) is 4.79 Å². The van der Waals surface area contributed by atoms with Crippen LogP contribution in [0.2, 0.25) is 0 Å². The van der Waals surface area contributed by atoms with Gasteiger partial charge in [0.05, 0.1) is 18.8 Å². The summed E-state index contributed by atoms with van der Waals surface area (Å²) in [6.07, 6.45) is 2.27. The van der Waals surface area contributed by atoms with E-state index < -0.39 is 0 Å². The van der Waals surface area contributed by atoms with Crippen LogP contribution in [0.15, 0.2) is 24.3 Å². The molecule has 1 aliphatic heterocycles. The molecule has 0 bridgehead atoms. The number of nitrogens with one attached hydrogen (secondary N) is 2. The van der Waals surface area contributed by atoms with Gasteiger partial charge >= 0.3 is 6.03 Å². The molecular weight excluding hydrogens is 268 g/mol. The monoisotopic (exact) mass is 292 g/mol. The lowest BCUT2D eigenvalue weighted by Crippen LogP contribution is -2.40. The average Bonchev–Trinajstić information content (AvgIpc) is 2.99. The van der Waals surface area contributed by atoms with Crippen molar-refractivity contribution < 1.29 is 14.3 Å². The number of hydrogen-bond donors (Lipinski definition) is 2. The van der Waals surface area contributed by atoms with Gasteiger partial charge in [0.15, 0.2) is 0 Å². The normalized spacial score (nSPS) is 19.0. The van der Waals surface area contributed by atoms with Crippen LogP contribution >= 0.6 is 0 Å². The van der Waals surface area contributed by atoms with Gasteiger partial charge in [-0.25, -0.2) is 4.79 Å². The average molecular weight is 292 g/mol. The maximum absolute atomic E-state index is 11.9. The molecule has 2 unspecified atom stereocenters. The Hall–Kier alpha value is -1.75. The Kier molecular flexibility index (Phi) is 5.87. The Labute approximate surface area is 126 Å².